The molecule has 1 aliphatic heterocycles. The van der Waals surface area contributed by atoms with Crippen LogP contribution in [0.2, 0.25) is 0 Å². The second-order valence-electron chi connectivity index (χ2n) is 7.28. The Hall–Kier alpha value is -3.42. The van der Waals surface area contributed by atoms with Crippen molar-refractivity contribution in [3.05, 3.63) is 58.8 Å². The first-order valence-electron chi connectivity index (χ1n) is 10.1. The number of fused-ring (bicyclic) bond motifs is 1. The Bertz CT molecular complexity index is 1080. The van der Waals surface area contributed by atoms with E-state index in [2.05, 4.69) is 20.2 Å². The molecule has 1 aromatic carbocycles. The van der Waals surface area contributed by atoms with Gasteiger partial charge in [0, 0.05) is 49.0 Å². The summed E-state index contributed by atoms with van der Waals surface area (Å²) in [6, 6.07) is 6.91. The van der Waals surface area contributed by atoms with Crippen molar-refractivity contribution in [3.8, 4) is 5.75 Å². The monoisotopic (exact) mass is 408 g/mol. The second kappa shape index (κ2) is 8.94. The van der Waals surface area contributed by atoms with Crippen molar-refractivity contribution < 1.29 is 13.9 Å². The standard InChI is InChI=1S/C22H24N4O4/c1-2-15-11-22(28)30-19-12-17(3-4-18(15)19)29-14-21(27)25-16-5-9-26(10-6-16)20-13-23-7-8-24-20/h3-4,7-8,11-13,16H,2,5-6,9-10,14H2,1H3,(H,25,27). The van der Waals surface area contributed by atoms with Crippen molar-refractivity contribution in [2.75, 3.05) is 24.6 Å². The van der Waals surface area contributed by atoms with Crippen LogP contribution in [0.4, 0.5) is 5.82 Å². The number of carbonyl (C=O) groups excluding carboxylic acids is 1. The zero-order valence-corrected chi connectivity index (χ0v) is 16.8. The van der Waals surface area contributed by atoms with Gasteiger partial charge in [-0.2, -0.15) is 0 Å². The van der Waals surface area contributed by atoms with E-state index in [4.69, 9.17) is 9.15 Å². The van der Waals surface area contributed by atoms with Crippen LogP contribution >= 0.6 is 0 Å². The van der Waals surface area contributed by atoms with Crippen LogP contribution in [0.15, 0.2) is 52.1 Å². The second-order valence-corrected chi connectivity index (χ2v) is 7.28. The van der Waals surface area contributed by atoms with Gasteiger partial charge in [0.05, 0.1) is 6.20 Å². The quantitative estimate of drug-likeness (QED) is 0.625. The molecule has 0 aliphatic carbocycles. The van der Waals surface area contributed by atoms with E-state index in [9.17, 15) is 9.59 Å². The minimum absolute atomic E-state index is 0.0897. The fourth-order valence-corrected chi connectivity index (χ4v) is 3.72. The molecule has 0 bridgehead atoms. The number of rotatable bonds is 6. The van der Waals surface area contributed by atoms with Crippen LogP contribution in [-0.2, 0) is 11.2 Å². The van der Waals surface area contributed by atoms with Crippen LogP contribution in [0.1, 0.15) is 25.3 Å². The van der Waals surface area contributed by atoms with Crippen LogP contribution in [-0.4, -0.2) is 41.6 Å². The number of nitrogens with zero attached hydrogens (tertiary/aromatic N) is 3. The maximum absolute atomic E-state index is 12.3. The molecule has 30 heavy (non-hydrogen) atoms. The Balaban J connectivity index is 1.29. The lowest BCUT2D eigenvalue weighted by Crippen LogP contribution is -2.46. The molecule has 4 rings (SSSR count). The molecule has 1 saturated heterocycles. The summed E-state index contributed by atoms with van der Waals surface area (Å²) in [5, 5.41) is 3.90. The summed E-state index contributed by atoms with van der Waals surface area (Å²) in [6.45, 7) is 3.52. The minimum atomic E-state index is -0.387. The van der Waals surface area contributed by atoms with E-state index in [-0.39, 0.29) is 24.2 Å². The highest BCUT2D eigenvalue weighted by Crippen LogP contribution is 2.23. The van der Waals surface area contributed by atoms with Gasteiger partial charge in [0.15, 0.2) is 6.61 Å². The average molecular weight is 408 g/mol. The molecule has 3 heterocycles. The Morgan fingerprint density at radius 3 is 2.83 bits per heavy atom. The normalized spacial score (nSPS) is 14.6. The summed E-state index contributed by atoms with van der Waals surface area (Å²) in [7, 11) is 0. The number of hydrogen-bond donors (Lipinski definition) is 1. The van der Waals surface area contributed by atoms with Gasteiger partial charge in [0.2, 0.25) is 0 Å². The first-order valence-corrected chi connectivity index (χ1v) is 10.1. The molecule has 1 aliphatic rings. The number of amides is 1. The molecule has 8 heteroatoms. The summed E-state index contributed by atoms with van der Waals surface area (Å²) >= 11 is 0. The van der Waals surface area contributed by atoms with Gasteiger partial charge in [-0.25, -0.2) is 9.78 Å². The molecule has 3 aromatic rings. The van der Waals surface area contributed by atoms with Crippen LogP contribution in [0.3, 0.4) is 0 Å². The lowest BCUT2D eigenvalue weighted by atomic mass is 10.1. The van der Waals surface area contributed by atoms with Crippen molar-refractivity contribution in [2.24, 2.45) is 0 Å². The average Bonchev–Trinajstić information content (AvgIpc) is 2.78. The summed E-state index contributed by atoms with van der Waals surface area (Å²) < 4.78 is 10.9. The molecule has 0 saturated carbocycles. The molecule has 0 spiro atoms. The summed E-state index contributed by atoms with van der Waals surface area (Å²) in [5.74, 6) is 1.18. The van der Waals surface area contributed by atoms with E-state index < -0.39 is 0 Å². The number of nitrogens with one attached hydrogen (secondary N) is 1. The third kappa shape index (κ3) is 4.59. The van der Waals surface area contributed by atoms with Crippen molar-refractivity contribution >= 4 is 22.7 Å². The minimum Gasteiger partial charge on any atom is -0.484 e. The van der Waals surface area contributed by atoms with Crippen molar-refractivity contribution in [1.82, 2.24) is 15.3 Å². The third-order valence-electron chi connectivity index (χ3n) is 5.29. The number of carbonyl (C=O) groups is 1. The van der Waals surface area contributed by atoms with Crippen LogP contribution in [0, 0.1) is 0 Å². The molecule has 1 amide bonds. The van der Waals surface area contributed by atoms with Crippen molar-refractivity contribution in [1.29, 1.82) is 0 Å². The van der Waals surface area contributed by atoms with Crippen LogP contribution in [0.5, 0.6) is 5.75 Å². The number of aryl methyl sites for hydroxylation is 1. The Kier molecular flexibility index (Phi) is 5.92. The third-order valence-corrected chi connectivity index (χ3v) is 5.29. The largest absolute Gasteiger partial charge is 0.484 e. The Labute approximate surface area is 173 Å². The van der Waals surface area contributed by atoms with Gasteiger partial charge in [0.1, 0.15) is 17.2 Å². The van der Waals surface area contributed by atoms with E-state index in [0.29, 0.717) is 11.3 Å². The van der Waals surface area contributed by atoms with Gasteiger partial charge >= 0.3 is 5.63 Å². The molecule has 2 aromatic heterocycles. The van der Waals surface area contributed by atoms with E-state index >= 15 is 0 Å². The van der Waals surface area contributed by atoms with Crippen LogP contribution in [0.25, 0.3) is 11.0 Å². The smallest absolute Gasteiger partial charge is 0.336 e. The maximum Gasteiger partial charge on any atom is 0.336 e. The van der Waals surface area contributed by atoms with Gasteiger partial charge in [0.25, 0.3) is 5.91 Å². The van der Waals surface area contributed by atoms with E-state index in [0.717, 1.165) is 49.1 Å². The van der Waals surface area contributed by atoms with E-state index in [1.165, 1.54) is 6.07 Å². The number of aromatic nitrogens is 2. The van der Waals surface area contributed by atoms with E-state index in [1.807, 2.05) is 13.0 Å². The predicted octanol–water partition coefficient (Wildman–Crippen LogP) is 2.31. The molecule has 156 valence electrons. The van der Waals surface area contributed by atoms with Gasteiger partial charge in [-0.15, -0.1) is 0 Å². The van der Waals surface area contributed by atoms with Gasteiger partial charge in [-0.3, -0.25) is 9.78 Å². The summed E-state index contributed by atoms with van der Waals surface area (Å²) in [5.41, 5.74) is 1.01. The summed E-state index contributed by atoms with van der Waals surface area (Å²) in [6.07, 6.45) is 7.50. The van der Waals surface area contributed by atoms with Crippen LogP contribution < -0.4 is 20.6 Å². The summed E-state index contributed by atoms with van der Waals surface area (Å²) in [4.78, 5) is 34.6. The topological polar surface area (TPSA) is 97.6 Å². The number of ether oxygens (including phenoxy) is 1. The molecule has 1 fully saturated rings. The molecular formula is C22H24N4O4. The molecular weight excluding hydrogens is 384 g/mol. The fourth-order valence-electron chi connectivity index (χ4n) is 3.72. The lowest BCUT2D eigenvalue weighted by molar-refractivity contribution is -0.123. The first kappa shape index (κ1) is 19.9. The maximum atomic E-state index is 12.3. The molecule has 8 nitrogen and oxygen atoms in total. The molecule has 0 radical (unpaired) electrons. The number of piperidine rings is 1. The highest BCUT2D eigenvalue weighted by Gasteiger charge is 2.21. The highest BCUT2D eigenvalue weighted by molar-refractivity contribution is 5.82. The fraction of sp³-hybridized carbons (Fsp3) is 0.364. The SMILES string of the molecule is CCc1cc(=O)oc2cc(OCC(=O)NC3CCN(c4cnccn4)CC3)ccc12. The number of anilines is 1. The Morgan fingerprint density at radius 2 is 2.10 bits per heavy atom. The molecule has 0 unspecified atom stereocenters. The zero-order chi connectivity index (χ0) is 20.9. The predicted molar refractivity (Wildman–Crippen MR) is 113 cm³/mol. The van der Waals surface area contributed by atoms with Gasteiger partial charge in [-0.05, 0) is 37.0 Å². The van der Waals surface area contributed by atoms with E-state index in [1.54, 1.807) is 30.7 Å². The molecule has 1 N–H and O–H groups in total. The lowest BCUT2D eigenvalue weighted by Gasteiger charge is -2.32. The first-order chi connectivity index (χ1) is 14.6. The van der Waals surface area contributed by atoms with Crippen molar-refractivity contribution in [3.63, 3.8) is 0 Å². The van der Waals surface area contributed by atoms with Crippen molar-refractivity contribution in [2.45, 2.75) is 32.2 Å². The number of benzene rings is 1. The number of hydrogen-bond acceptors (Lipinski definition) is 7. The zero-order valence-electron chi connectivity index (χ0n) is 16.8. The molecule has 0 atom stereocenters. The highest BCUT2D eigenvalue weighted by atomic mass is 16.5. The Morgan fingerprint density at radius 1 is 1.27 bits per heavy atom. The van der Waals surface area contributed by atoms with Gasteiger partial charge < -0.3 is 19.4 Å². The van der Waals surface area contributed by atoms with Gasteiger partial charge in [-0.1, -0.05) is 6.92 Å².